The Morgan fingerprint density at radius 1 is 1.53 bits per heavy atom. The predicted molar refractivity (Wildman–Crippen MR) is 57.3 cm³/mol. The Hall–Kier alpha value is -1.95. The summed E-state index contributed by atoms with van der Waals surface area (Å²) in [6.07, 6.45) is 1.54. The van der Waals surface area contributed by atoms with Gasteiger partial charge in [-0.3, -0.25) is 14.5 Å². The van der Waals surface area contributed by atoms with Gasteiger partial charge in [0.05, 0.1) is 5.69 Å². The Bertz CT molecular complexity index is 557. The minimum absolute atomic E-state index is 0.440. The van der Waals surface area contributed by atoms with Crippen molar-refractivity contribution in [2.75, 3.05) is 0 Å². The van der Waals surface area contributed by atoms with Gasteiger partial charge in [-0.2, -0.15) is 5.10 Å². The van der Waals surface area contributed by atoms with E-state index in [1.165, 1.54) is 0 Å². The van der Waals surface area contributed by atoms with Crippen LogP contribution in [0.5, 0.6) is 0 Å². The number of hydrogen-bond acceptors (Lipinski definition) is 3. The molecule has 0 aliphatic rings. The number of aromatic nitrogens is 3. The first-order valence-electron chi connectivity index (χ1n) is 4.21. The molecule has 2 rings (SSSR count). The maximum absolute atomic E-state index is 11.0. The van der Waals surface area contributed by atoms with Gasteiger partial charge in [-0.15, -0.1) is 0 Å². The Kier molecular flexibility index (Phi) is 2.34. The first kappa shape index (κ1) is 9.60. The highest BCUT2D eigenvalue weighted by atomic mass is 32.1. The third-order valence-corrected chi connectivity index (χ3v) is 2.25. The molecule has 0 atom stereocenters. The Balaban J connectivity index is 2.55. The largest absolute Gasteiger partial charge is 0.366 e. The molecule has 0 fully saturated rings. The van der Waals surface area contributed by atoms with E-state index in [9.17, 15) is 4.79 Å². The molecule has 1 aromatic heterocycles. The summed E-state index contributed by atoms with van der Waals surface area (Å²) in [5, 5.41) is 6.42. The summed E-state index contributed by atoms with van der Waals surface area (Å²) in [5.74, 6) is -0.466. The van der Waals surface area contributed by atoms with Gasteiger partial charge >= 0.3 is 0 Å². The van der Waals surface area contributed by atoms with Gasteiger partial charge in [-0.05, 0) is 30.4 Å². The van der Waals surface area contributed by atoms with Crippen LogP contribution in [0.4, 0.5) is 0 Å². The fourth-order valence-electron chi connectivity index (χ4n) is 1.24. The van der Waals surface area contributed by atoms with Crippen LogP contribution in [0, 0.1) is 4.77 Å². The number of amides is 1. The van der Waals surface area contributed by atoms with Crippen molar-refractivity contribution in [3.05, 3.63) is 40.9 Å². The maximum atomic E-state index is 11.0. The second kappa shape index (κ2) is 3.66. The summed E-state index contributed by atoms with van der Waals surface area (Å²) in [7, 11) is 0. The first-order valence-corrected chi connectivity index (χ1v) is 4.61. The zero-order valence-corrected chi connectivity index (χ0v) is 8.49. The Morgan fingerprint density at radius 2 is 2.33 bits per heavy atom. The molecule has 0 radical (unpaired) electrons. The van der Waals surface area contributed by atoms with E-state index in [0.717, 1.165) is 5.69 Å². The minimum atomic E-state index is -0.466. The van der Waals surface area contributed by atoms with Crippen molar-refractivity contribution in [3.8, 4) is 5.69 Å². The van der Waals surface area contributed by atoms with Crippen LogP contribution in [0.25, 0.3) is 5.69 Å². The molecule has 0 saturated carbocycles. The molecule has 15 heavy (non-hydrogen) atoms. The van der Waals surface area contributed by atoms with Crippen LogP contribution in [0.2, 0.25) is 0 Å². The van der Waals surface area contributed by atoms with Crippen LogP contribution >= 0.6 is 12.2 Å². The van der Waals surface area contributed by atoms with Gasteiger partial charge in [0.2, 0.25) is 5.91 Å². The average molecular weight is 220 g/mol. The van der Waals surface area contributed by atoms with E-state index in [4.69, 9.17) is 18.0 Å². The quantitative estimate of drug-likeness (QED) is 0.742. The fourth-order valence-corrected chi connectivity index (χ4v) is 1.45. The van der Waals surface area contributed by atoms with E-state index in [0.29, 0.717) is 10.3 Å². The molecule has 0 aliphatic carbocycles. The molecule has 3 N–H and O–H groups in total. The molecule has 1 heterocycles. The molecule has 1 amide bonds. The van der Waals surface area contributed by atoms with Gasteiger partial charge in [0, 0.05) is 5.56 Å². The molecule has 0 aliphatic heterocycles. The number of carbonyl (C=O) groups excluding carboxylic acids is 1. The summed E-state index contributed by atoms with van der Waals surface area (Å²) in [6, 6.07) is 6.87. The second-order valence-corrected chi connectivity index (χ2v) is 3.33. The predicted octanol–water partition coefficient (Wildman–Crippen LogP) is 1.03. The lowest BCUT2D eigenvalue weighted by atomic mass is 10.2. The normalized spacial score (nSPS) is 10.1. The number of aromatic amines is 1. The van der Waals surface area contributed by atoms with Crippen molar-refractivity contribution in [1.29, 1.82) is 0 Å². The van der Waals surface area contributed by atoms with Gasteiger partial charge in [0.1, 0.15) is 6.33 Å². The topological polar surface area (TPSA) is 76.7 Å². The molecular formula is C9H8N4OS. The van der Waals surface area contributed by atoms with E-state index in [1.807, 2.05) is 6.07 Å². The number of benzene rings is 1. The highest BCUT2D eigenvalue weighted by Crippen LogP contribution is 2.09. The lowest BCUT2D eigenvalue weighted by Gasteiger charge is -2.02. The molecule has 0 bridgehead atoms. The van der Waals surface area contributed by atoms with Crippen LogP contribution in [-0.4, -0.2) is 20.7 Å². The lowest BCUT2D eigenvalue weighted by Crippen LogP contribution is -2.11. The number of nitrogens with two attached hydrogens (primary N) is 1. The molecule has 0 unspecified atom stereocenters. The summed E-state index contributed by atoms with van der Waals surface area (Å²) in [5.41, 5.74) is 6.37. The van der Waals surface area contributed by atoms with Gasteiger partial charge in [-0.1, -0.05) is 6.07 Å². The van der Waals surface area contributed by atoms with Crippen LogP contribution in [0.15, 0.2) is 30.6 Å². The van der Waals surface area contributed by atoms with Crippen molar-refractivity contribution in [2.24, 2.45) is 5.73 Å². The van der Waals surface area contributed by atoms with Crippen LogP contribution < -0.4 is 5.73 Å². The lowest BCUT2D eigenvalue weighted by molar-refractivity contribution is 0.100. The zero-order chi connectivity index (χ0) is 10.8. The molecule has 76 valence electrons. The third kappa shape index (κ3) is 1.79. The van der Waals surface area contributed by atoms with Crippen molar-refractivity contribution in [1.82, 2.24) is 14.8 Å². The van der Waals surface area contributed by atoms with Crippen LogP contribution in [-0.2, 0) is 0 Å². The van der Waals surface area contributed by atoms with E-state index in [-0.39, 0.29) is 0 Å². The number of hydrogen-bond donors (Lipinski definition) is 2. The molecule has 0 spiro atoms. The highest BCUT2D eigenvalue weighted by molar-refractivity contribution is 7.71. The van der Waals surface area contributed by atoms with Crippen molar-refractivity contribution in [2.45, 2.75) is 0 Å². The van der Waals surface area contributed by atoms with Gasteiger partial charge in [-0.25, -0.2) is 0 Å². The Labute approximate surface area is 90.5 Å². The monoisotopic (exact) mass is 220 g/mol. The second-order valence-electron chi connectivity index (χ2n) is 2.95. The van der Waals surface area contributed by atoms with E-state index >= 15 is 0 Å². The number of H-pyrrole nitrogens is 1. The molecule has 6 heteroatoms. The third-order valence-electron chi connectivity index (χ3n) is 1.96. The van der Waals surface area contributed by atoms with Gasteiger partial charge < -0.3 is 5.73 Å². The number of nitrogens with one attached hydrogen (secondary N) is 1. The van der Waals surface area contributed by atoms with E-state index in [1.54, 1.807) is 29.1 Å². The van der Waals surface area contributed by atoms with Crippen molar-refractivity contribution >= 4 is 18.1 Å². The minimum Gasteiger partial charge on any atom is -0.366 e. The summed E-state index contributed by atoms with van der Waals surface area (Å²) in [4.78, 5) is 11.0. The molecule has 2 aromatic rings. The first-order chi connectivity index (χ1) is 7.18. The fraction of sp³-hybridized carbons (Fsp3) is 0. The number of carbonyl (C=O) groups is 1. The van der Waals surface area contributed by atoms with E-state index < -0.39 is 5.91 Å². The number of rotatable bonds is 2. The molecule has 0 saturated heterocycles. The SMILES string of the molecule is NC(=O)c1cccc(-n2cn[nH]c2=S)c1. The standard InChI is InChI=1S/C9H8N4OS/c10-8(14)6-2-1-3-7(4-6)13-5-11-12-9(13)15/h1-5H,(H2,10,14)(H,12,15). The smallest absolute Gasteiger partial charge is 0.248 e. The van der Waals surface area contributed by atoms with Gasteiger partial charge in [0.25, 0.3) is 0 Å². The summed E-state index contributed by atoms with van der Waals surface area (Å²) < 4.78 is 2.12. The van der Waals surface area contributed by atoms with E-state index in [2.05, 4.69) is 10.2 Å². The molecule has 5 nitrogen and oxygen atoms in total. The average Bonchev–Trinajstić information content (AvgIpc) is 2.64. The van der Waals surface area contributed by atoms with Crippen molar-refractivity contribution < 1.29 is 4.79 Å². The van der Waals surface area contributed by atoms with Gasteiger partial charge in [0.15, 0.2) is 4.77 Å². The van der Waals surface area contributed by atoms with Crippen molar-refractivity contribution in [3.63, 3.8) is 0 Å². The van der Waals surface area contributed by atoms with Crippen LogP contribution in [0.3, 0.4) is 0 Å². The summed E-state index contributed by atoms with van der Waals surface area (Å²) >= 11 is 5.01. The molecule has 1 aromatic carbocycles. The maximum Gasteiger partial charge on any atom is 0.248 e. The zero-order valence-electron chi connectivity index (χ0n) is 7.68. The van der Waals surface area contributed by atoms with Crippen LogP contribution in [0.1, 0.15) is 10.4 Å². The Morgan fingerprint density at radius 3 is 2.93 bits per heavy atom. The summed E-state index contributed by atoms with van der Waals surface area (Å²) in [6.45, 7) is 0. The number of primary amides is 1. The highest BCUT2D eigenvalue weighted by Gasteiger charge is 2.03. The molecular weight excluding hydrogens is 212 g/mol. The number of nitrogens with zero attached hydrogens (tertiary/aromatic N) is 2.